The van der Waals surface area contributed by atoms with Crippen molar-refractivity contribution in [2.45, 2.75) is 19.8 Å². The maximum Gasteiger partial charge on any atom is 0.148 e. The molecule has 0 spiro atoms. The first kappa shape index (κ1) is 11.3. The van der Waals surface area contributed by atoms with E-state index in [9.17, 15) is 4.39 Å². The molecule has 1 aromatic carbocycles. The van der Waals surface area contributed by atoms with E-state index in [-0.39, 0.29) is 17.5 Å². The summed E-state index contributed by atoms with van der Waals surface area (Å²) in [7, 11) is 0. The van der Waals surface area contributed by atoms with E-state index in [4.69, 9.17) is 10.8 Å². The summed E-state index contributed by atoms with van der Waals surface area (Å²) in [6.07, 6.45) is 1.19. The summed E-state index contributed by atoms with van der Waals surface area (Å²) < 4.78 is 14.5. The fourth-order valence-electron chi connectivity index (χ4n) is 1.93. The third-order valence-electron chi connectivity index (χ3n) is 2.57. The molecule has 3 nitrogen and oxygen atoms in total. The highest BCUT2D eigenvalue weighted by atomic mass is 79.9. The SMILES string of the molecule is CC(=N)N1C(=N)CCc2cc(Br)cc(F)c21. The highest BCUT2D eigenvalue weighted by molar-refractivity contribution is 9.10. The Labute approximate surface area is 101 Å². The van der Waals surface area contributed by atoms with Crippen LogP contribution in [0.5, 0.6) is 0 Å². The Balaban J connectivity index is 2.63. The van der Waals surface area contributed by atoms with Crippen LogP contribution in [0, 0.1) is 16.6 Å². The number of anilines is 1. The lowest BCUT2D eigenvalue weighted by Gasteiger charge is -2.31. The monoisotopic (exact) mass is 283 g/mol. The molecule has 0 aromatic heterocycles. The molecule has 0 saturated carbocycles. The molecule has 2 rings (SSSR count). The van der Waals surface area contributed by atoms with Gasteiger partial charge >= 0.3 is 0 Å². The Morgan fingerprint density at radius 2 is 2.12 bits per heavy atom. The molecule has 0 saturated heterocycles. The van der Waals surface area contributed by atoms with E-state index in [1.165, 1.54) is 11.0 Å². The molecule has 16 heavy (non-hydrogen) atoms. The molecule has 0 unspecified atom stereocenters. The van der Waals surface area contributed by atoms with E-state index >= 15 is 0 Å². The van der Waals surface area contributed by atoms with Gasteiger partial charge in [-0.15, -0.1) is 0 Å². The van der Waals surface area contributed by atoms with Crippen molar-refractivity contribution < 1.29 is 4.39 Å². The second kappa shape index (κ2) is 3.97. The smallest absolute Gasteiger partial charge is 0.148 e. The zero-order valence-corrected chi connectivity index (χ0v) is 10.4. The minimum atomic E-state index is -0.388. The summed E-state index contributed by atoms with van der Waals surface area (Å²) in [5.41, 5.74) is 1.20. The fraction of sp³-hybridized carbons (Fsp3) is 0.273. The highest BCUT2D eigenvalue weighted by Gasteiger charge is 2.26. The molecular weight excluding hydrogens is 273 g/mol. The molecule has 1 aliphatic rings. The van der Waals surface area contributed by atoms with Crippen molar-refractivity contribution in [2.75, 3.05) is 4.90 Å². The maximum absolute atomic E-state index is 13.9. The Hall–Kier alpha value is -1.23. The van der Waals surface area contributed by atoms with Crippen LogP contribution in [0.2, 0.25) is 0 Å². The van der Waals surface area contributed by atoms with Crippen LogP contribution in [-0.4, -0.2) is 11.7 Å². The van der Waals surface area contributed by atoms with Gasteiger partial charge in [-0.1, -0.05) is 15.9 Å². The first-order valence-corrected chi connectivity index (χ1v) is 5.70. The van der Waals surface area contributed by atoms with E-state index < -0.39 is 0 Å². The molecule has 0 atom stereocenters. The van der Waals surface area contributed by atoms with Gasteiger partial charge in [0.25, 0.3) is 0 Å². The van der Waals surface area contributed by atoms with Gasteiger partial charge in [0.1, 0.15) is 17.5 Å². The zero-order valence-electron chi connectivity index (χ0n) is 8.77. The number of nitrogens with zero attached hydrogens (tertiary/aromatic N) is 1. The molecule has 1 heterocycles. The maximum atomic E-state index is 13.9. The van der Waals surface area contributed by atoms with Gasteiger partial charge in [-0.3, -0.25) is 15.7 Å². The second-order valence-corrected chi connectivity index (χ2v) is 4.68. The van der Waals surface area contributed by atoms with Crippen LogP contribution in [0.3, 0.4) is 0 Å². The summed E-state index contributed by atoms with van der Waals surface area (Å²) >= 11 is 3.25. The number of hydrogen-bond acceptors (Lipinski definition) is 2. The minimum absolute atomic E-state index is 0.173. The van der Waals surface area contributed by atoms with E-state index in [0.29, 0.717) is 23.0 Å². The highest BCUT2D eigenvalue weighted by Crippen LogP contribution is 2.33. The second-order valence-electron chi connectivity index (χ2n) is 3.76. The van der Waals surface area contributed by atoms with Gasteiger partial charge in [0.2, 0.25) is 0 Å². The van der Waals surface area contributed by atoms with Crippen LogP contribution in [0.1, 0.15) is 18.9 Å². The van der Waals surface area contributed by atoms with E-state index in [2.05, 4.69) is 15.9 Å². The molecule has 0 radical (unpaired) electrons. The predicted molar refractivity (Wildman–Crippen MR) is 66.0 cm³/mol. The van der Waals surface area contributed by atoms with Gasteiger partial charge in [-0.2, -0.15) is 0 Å². The Bertz CT molecular complexity index is 484. The van der Waals surface area contributed by atoms with Crippen LogP contribution < -0.4 is 4.90 Å². The summed E-state index contributed by atoms with van der Waals surface area (Å²) in [5, 5.41) is 15.4. The van der Waals surface area contributed by atoms with Crippen molar-refractivity contribution in [1.29, 1.82) is 10.8 Å². The minimum Gasteiger partial charge on any atom is -0.288 e. The van der Waals surface area contributed by atoms with Crippen LogP contribution in [0.25, 0.3) is 0 Å². The van der Waals surface area contributed by atoms with Crippen molar-refractivity contribution in [3.05, 3.63) is 28.0 Å². The predicted octanol–water partition coefficient (Wildman–Crippen LogP) is 3.32. The van der Waals surface area contributed by atoms with Crippen molar-refractivity contribution in [3.63, 3.8) is 0 Å². The molecule has 1 aliphatic heterocycles. The molecule has 2 N–H and O–H groups in total. The summed E-state index contributed by atoms with van der Waals surface area (Å²) in [6.45, 7) is 1.56. The molecule has 0 amide bonds. The van der Waals surface area contributed by atoms with Gasteiger partial charge in [0, 0.05) is 10.9 Å². The van der Waals surface area contributed by atoms with E-state index in [1.807, 2.05) is 6.07 Å². The summed E-state index contributed by atoms with van der Waals surface area (Å²) in [4.78, 5) is 1.36. The quantitative estimate of drug-likeness (QED) is 0.557. The van der Waals surface area contributed by atoms with Crippen molar-refractivity contribution in [1.82, 2.24) is 0 Å². The number of amidine groups is 2. The first-order chi connectivity index (χ1) is 7.50. The average molecular weight is 284 g/mol. The van der Waals surface area contributed by atoms with Crippen LogP contribution in [0.15, 0.2) is 16.6 Å². The Morgan fingerprint density at radius 1 is 1.44 bits per heavy atom. The standard InChI is InChI=1S/C11H11BrFN3/c1-6(14)16-10(15)3-2-7-4-8(12)5-9(13)11(7)16/h4-5,14-15H,2-3H2,1H3. The molecule has 5 heteroatoms. The molecule has 0 bridgehead atoms. The van der Waals surface area contributed by atoms with Crippen molar-refractivity contribution >= 4 is 33.3 Å². The summed E-state index contributed by atoms with van der Waals surface area (Å²) in [5.74, 6) is 0.0637. The molecule has 0 fully saturated rings. The Kier molecular flexibility index (Phi) is 2.80. The number of nitrogens with one attached hydrogen (secondary N) is 2. The molecule has 0 aliphatic carbocycles. The number of aryl methyl sites for hydroxylation is 1. The van der Waals surface area contributed by atoms with Crippen LogP contribution in [0.4, 0.5) is 10.1 Å². The normalized spacial score (nSPS) is 14.9. The van der Waals surface area contributed by atoms with Crippen molar-refractivity contribution in [2.24, 2.45) is 0 Å². The number of rotatable bonds is 0. The van der Waals surface area contributed by atoms with Crippen LogP contribution in [-0.2, 0) is 6.42 Å². The number of benzene rings is 1. The largest absolute Gasteiger partial charge is 0.288 e. The lowest BCUT2D eigenvalue weighted by atomic mass is 10.0. The molecule has 1 aromatic rings. The zero-order chi connectivity index (χ0) is 11.9. The third-order valence-corrected chi connectivity index (χ3v) is 3.03. The van der Waals surface area contributed by atoms with Gasteiger partial charge in [0.15, 0.2) is 0 Å². The first-order valence-electron chi connectivity index (χ1n) is 4.91. The van der Waals surface area contributed by atoms with E-state index in [0.717, 1.165) is 5.56 Å². The van der Waals surface area contributed by atoms with E-state index in [1.54, 1.807) is 6.92 Å². The Morgan fingerprint density at radius 3 is 2.75 bits per heavy atom. The van der Waals surface area contributed by atoms with Gasteiger partial charge in [0.05, 0.1) is 5.69 Å². The number of fused-ring (bicyclic) bond motifs is 1. The third kappa shape index (κ3) is 1.75. The lowest BCUT2D eigenvalue weighted by Crippen LogP contribution is -2.38. The number of halogens is 2. The molecular formula is C11H11BrFN3. The van der Waals surface area contributed by atoms with Gasteiger partial charge < -0.3 is 0 Å². The lowest BCUT2D eigenvalue weighted by molar-refractivity contribution is 0.624. The average Bonchev–Trinajstić information content (AvgIpc) is 2.18. The fourth-order valence-corrected chi connectivity index (χ4v) is 2.41. The number of hydrogen-bond donors (Lipinski definition) is 2. The van der Waals surface area contributed by atoms with Gasteiger partial charge in [-0.05, 0) is 31.0 Å². The van der Waals surface area contributed by atoms with Crippen LogP contribution >= 0.6 is 15.9 Å². The molecule has 84 valence electrons. The topological polar surface area (TPSA) is 50.9 Å². The van der Waals surface area contributed by atoms with Gasteiger partial charge in [-0.25, -0.2) is 4.39 Å². The summed E-state index contributed by atoms with van der Waals surface area (Å²) in [6, 6.07) is 3.22. The van der Waals surface area contributed by atoms with Crippen molar-refractivity contribution in [3.8, 4) is 0 Å².